The van der Waals surface area contributed by atoms with Crippen LogP contribution in [0.2, 0.25) is 0 Å². The number of fused-ring (bicyclic) bond motifs is 1. The van der Waals surface area contributed by atoms with E-state index >= 15 is 0 Å². The fourth-order valence-corrected chi connectivity index (χ4v) is 3.37. The normalized spacial score (nSPS) is 11.0. The number of imidazole rings is 1. The maximum Gasteiger partial charge on any atom is 0.357 e. The van der Waals surface area contributed by atoms with E-state index in [1.807, 2.05) is 0 Å². The van der Waals surface area contributed by atoms with Gasteiger partial charge in [-0.1, -0.05) is 11.3 Å². The van der Waals surface area contributed by atoms with Crippen LogP contribution in [-0.4, -0.2) is 22.0 Å². The molecule has 0 aliphatic carbocycles. The molecule has 0 spiro atoms. The summed E-state index contributed by atoms with van der Waals surface area (Å²) in [5.41, 5.74) is 1.51. The molecule has 0 N–H and O–H groups in total. The van der Waals surface area contributed by atoms with Crippen LogP contribution >= 0.6 is 27.3 Å². The van der Waals surface area contributed by atoms with Gasteiger partial charge in [0.15, 0.2) is 10.7 Å². The average Bonchev–Trinajstić information content (AvgIpc) is 2.95. The van der Waals surface area contributed by atoms with Crippen molar-refractivity contribution in [2.75, 3.05) is 6.61 Å². The summed E-state index contributed by atoms with van der Waals surface area (Å²) in [5, 5.41) is 0. The molecule has 1 aromatic carbocycles. The van der Waals surface area contributed by atoms with Crippen LogP contribution in [0.1, 0.15) is 17.4 Å². The quantitative estimate of drug-likeness (QED) is 0.652. The zero-order chi connectivity index (χ0) is 15.0. The van der Waals surface area contributed by atoms with E-state index in [0.29, 0.717) is 21.9 Å². The minimum absolute atomic E-state index is 0.278. The molecular formula is C14H10BrFN2O2S. The van der Waals surface area contributed by atoms with Gasteiger partial charge in [-0.3, -0.25) is 4.40 Å². The Balaban J connectivity index is 2.21. The number of halogens is 2. The number of carbonyl (C=O) groups is 1. The fraction of sp³-hybridized carbons (Fsp3) is 0.143. The van der Waals surface area contributed by atoms with E-state index in [2.05, 4.69) is 20.9 Å². The lowest BCUT2D eigenvalue weighted by atomic mass is 10.1. The number of rotatable bonds is 3. The van der Waals surface area contributed by atoms with Crippen molar-refractivity contribution < 1.29 is 13.9 Å². The topological polar surface area (TPSA) is 43.6 Å². The third-order valence-corrected chi connectivity index (χ3v) is 4.35. The van der Waals surface area contributed by atoms with E-state index in [0.717, 1.165) is 3.79 Å². The SMILES string of the molecule is CCOC(=O)c1c(-c2ccc(F)cc2)nc2sc(Br)cn12. The van der Waals surface area contributed by atoms with Gasteiger partial charge in [-0.15, -0.1) is 0 Å². The molecule has 0 bridgehead atoms. The Kier molecular flexibility index (Phi) is 3.77. The van der Waals surface area contributed by atoms with E-state index in [1.165, 1.54) is 23.5 Å². The Morgan fingerprint density at radius 1 is 1.43 bits per heavy atom. The van der Waals surface area contributed by atoms with E-state index in [-0.39, 0.29) is 12.4 Å². The number of aromatic nitrogens is 2. The van der Waals surface area contributed by atoms with Gasteiger partial charge in [0.1, 0.15) is 11.5 Å². The zero-order valence-electron chi connectivity index (χ0n) is 11.0. The number of hydrogen-bond donors (Lipinski definition) is 0. The zero-order valence-corrected chi connectivity index (χ0v) is 13.4. The number of nitrogens with zero attached hydrogens (tertiary/aromatic N) is 2. The first-order valence-corrected chi connectivity index (χ1v) is 7.81. The molecule has 0 aliphatic rings. The minimum Gasteiger partial charge on any atom is -0.461 e. The molecule has 0 radical (unpaired) electrons. The van der Waals surface area contributed by atoms with Crippen LogP contribution in [0.15, 0.2) is 34.2 Å². The summed E-state index contributed by atoms with van der Waals surface area (Å²) in [4.78, 5) is 17.4. The van der Waals surface area contributed by atoms with Gasteiger partial charge < -0.3 is 4.74 Å². The number of benzene rings is 1. The van der Waals surface area contributed by atoms with Gasteiger partial charge in [-0.25, -0.2) is 14.2 Å². The van der Waals surface area contributed by atoms with Crippen molar-refractivity contribution in [3.63, 3.8) is 0 Å². The van der Waals surface area contributed by atoms with E-state index < -0.39 is 5.97 Å². The summed E-state index contributed by atoms with van der Waals surface area (Å²) < 4.78 is 20.7. The largest absolute Gasteiger partial charge is 0.461 e. The molecule has 4 nitrogen and oxygen atoms in total. The third kappa shape index (κ3) is 2.58. The van der Waals surface area contributed by atoms with Crippen molar-refractivity contribution in [3.05, 3.63) is 45.8 Å². The summed E-state index contributed by atoms with van der Waals surface area (Å²) in [5.74, 6) is -0.783. The summed E-state index contributed by atoms with van der Waals surface area (Å²) in [7, 11) is 0. The van der Waals surface area contributed by atoms with E-state index in [4.69, 9.17) is 4.74 Å². The molecule has 0 saturated carbocycles. The predicted octanol–water partition coefficient (Wildman–Crippen LogP) is 4.14. The molecule has 108 valence electrons. The van der Waals surface area contributed by atoms with Crippen molar-refractivity contribution in [1.29, 1.82) is 0 Å². The first-order chi connectivity index (χ1) is 10.1. The van der Waals surface area contributed by atoms with Crippen molar-refractivity contribution >= 4 is 38.2 Å². The summed E-state index contributed by atoms with van der Waals surface area (Å²) in [6.45, 7) is 2.03. The molecule has 21 heavy (non-hydrogen) atoms. The Labute approximate surface area is 132 Å². The summed E-state index contributed by atoms with van der Waals surface area (Å²) in [6.07, 6.45) is 1.77. The molecule has 0 fully saturated rings. The number of thiazole rings is 1. The third-order valence-electron chi connectivity index (χ3n) is 2.88. The molecule has 3 rings (SSSR count). The Hall–Kier alpha value is -1.73. The van der Waals surface area contributed by atoms with Crippen LogP contribution in [0.3, 0.4) is 0 Å². The number of carbonyl (C=O) groups excluding carboxylic acids is 1. The van der Waals surface area contributed by atoms with Crippen LogP contribution in [-0.2, 0) is 4.74 Å². The van der Waals surface area contributed by atoms with Crippen LogP contribution < -0.4 is 0 Å². The molecule has 3 aromatic rings. The molecule has 0 unspecified atom stereocenters. The van der Waals surface area contributed by atoms with E-state index in [1.54, 1.807) is 29.7 Å². The predicted molar refractivity (Wildman–Crippen MR) is 82.1 cm³/mol. The van der Waals surface area contributed by atoms with Crippen LogP contribution in [0, 0.1) is 5.82 Å². The second kappa shape index (κ2) is 5.57. The Morgan fingerprint density at radius 2 is 2.14 bits per heavy atom. The van der Waals surface area contributed by atoms with Gasteiger partial charge in [-0.2, -0.15) is 0 Å². The van der Waals surface area contributed by atoms with Gasteiger partial charge in [-0.05, 0) is 47.1 Å². The number of hydrogen-bond acceptors (Lipinski definition) is 4. The standard InChI is InChI=1S/C14H10BrFN2O2S/c1-2-20-13(19)12-11(8-3-5-9(16)6-4-8)17-14-18(12)7-10(15)21-14/h3-7H,2H2,1H3. The molecular weight excluding hydrogens is 359 g/mol. The molecule has 7 heteroatoms. The van der Waals surface area contributed by atoms with Crippen LogP contribution in [0.4, 0.5) is 4.39 Å². The highest BCUT2D eigenvalue weighted by Crippen LogP contribution is 2.31. The summed E-state index contributed by atoms with van der Waals surface area (Å²) >= 11 is 4.78. The van der Waals surface area contributed by atoms with Gasteiger partial charge in [0.05, 0.1) is 10.4 Å². The van der Waals surface area contributed by atoms with Crippen LogP contribution in [0.25, 0.3) is 16.2 Å². The molecule has 2 aromatic heterocycles. The maximum atomic E-state index is 13.1. The first-order valence-electron chi connectivity index (χ1n) is 6.20. The average molecular weight is 369 g/mol. The second-order valence-corrected chi connectivity index (χ2v) is 6.61. The van der Waals surface area contributed by atoms with Gasteiger partial charge in [0, 0.05) is 11.8 Å². The van der Waals surface area contributed by atoms with Crippen molar-refractivity contribution in [2.45, 2.75) is 6.92 Å². The molecule has 0 saturated heterocycles. The lowest BCUT2D eigenvalue weighted by Gasteiger charge is -2.04. The lowest BCUT2D eigenvalue weighted by Crippen LogP contribution is -2.08. The second-order valence-electron chi connectivity index (χ2n) is 4.22. The Morgan fingerprint density at radius 3 is 2.81 bits per heavy atom. The molecule has 0 atom stereocenters. The Bertz CT molecular complexity index is 810. The minimum atomic E-state index is -0.449. The highest BCUT2D eigenvalue weighted by Gasteiger charge is 2.23. The number of ether oxygens (including phenoxy) is 1. The van der Waals surface area contributed by atoms with Crippen LogP contribution in [0.5, 0.6) is 0 Å². The maximum absolute atomic E-state index is 13.1. The van der Waals surface area contributed by atoms with Gasteiger partial charge >= 0.3 is 5.97 Å². The monoisotopic (exact) mass is 368 g/mol. The molecule has 0 aliphatic heterocycles. The van der Waals surface area contributed by atoms with E-state index in [9.17, 15) is 9.18 Å². The highest BCUT2D eigenvalue weighted by atomic mass is 79.9. The smallest absolute Gasteiger partial charge is 0.357 e. The van der Waals surface area contributed by atoms with Gasteiger partial charge in [0.25, 0.3) is 0 Å². The lowest BCUT2D eigenvalue weighted by molar-refractivity contribution is 0.0519. The summed E-state index contributed by atoms with van der Waals surface area (Å²) in [6, 6.07) is 5.88. The van der Waals surface area contributed by atoms with Gasteiger partial charge in [0.2, 0.25) is 0 Å². The van der Waals surface area contributed by atoms with Crippen molar-refractivity contribution in [3.8, 4) is 11.3 Å². The number of esters is 1. The molecule has 2 heterocycles. The van der Waals surface area contributed by atoms with Crippen molar-refractivity contribution in [1.82, 2.24) is 9.38 Å². The molecule has 0 amide bonds. The fourth-order valence-electron chi connectivity index (χ4n) is 2.02. The highest BCUT2D eigenvalue weighted by molar-refractivity contribution is 9.11. The van der Waals surface area contributed by atoms with Crippen molar-refractivity contribution in [2.24, 2.45) is 0 Å². The first kappa shape index (κ1) is 14.2.